The predicted molar refractivity (Wildman–Crippen MR) is 75.1 cm³/mol. The minimum Gasteiger partial charge on any atom is -0.316 e. The van der Waals surface area contributed by atoms with Crippen molar-refractivity contribution in [3.63, 3.8) is 0 Å². The third-order valence-electron chi connectivity index (χ3n) is 2.47. The molecule has 1 aromatic rings. The summed E-state index contributed by atoms with van der Waals surface area (Å²) >= 11 is 9.03. The molecule has 0 heterocycles. The summed E-state index contributed by atoms with van der Waals surface area (Å²) in [6, 6.07) is 3.58. The molecule has 0 saturated carbocycles. The number of rotatable bonds is 6. The molecule has 1 aromatic carbocycles. The van der Waals surface area contributed by atoms with Gasteiger partial charge in [0, 0.05) is 4.47 Å². The summed E-state index contributed by atoms with van der Waals surface area (Å²) in [5.41, 5.74) is 0.685. The largest absolute Gasteiger partial charge is 0.316 e. The highest BCUT2D eigenvalue weighted by Gasteiger charge is 2.09. The molecule has 96 valence electrons. The standard InChI is InChI=1S/C13H18BrClFN/c1-9(2)8-17-7-3-4-10-5-6-11(14)12(15)13(10)16/h5-6,9,17H,3-4,7-8H2,1-2H3. The molecule has 0 aliphatic heterocycles. The van der Waals surface area contributed by atoms with Gasteiger partial charge in [0.15, 0.2) is 0 Å². The van der Waals surface area contributed by atoms with E-state index < -0.39 is 0 Å². The Hall–Kier alpha value is -0.120. The minimum atomic E-state index is -0.301. The first-order chi connectivity index (χ1) is 8.02. The highest BCUT2D eigenvalue weighted by atomic mass is 79.9. The Morgan fingerprint density at radius 3 is 2.76 bits per heavy atom. The van der Waals surface area contributed by atoms with E-state index >= 15 is 0 Å². The van der Waals surface area contributed by atoms with Crippen LogP contribution in [0.5, 0.6) is 0 Å². The van der Waals surface area contributed by atoms with Crippen LogP contribution >= 0.6 is 27.5 Å². The van der Waals surface area contributed by atoms with Gasteiger partial charge in [-0.3, -0.25) is 0 Å². The molecule has 0 atom stereocenters. The van der Waals surface area contributed by atoms with Gasteiger partial charge < -0.3 is 5.32 Å². The van der Waals surface area contributed by atoms with Crippen LogP contribution in [0.2, 0.25) is 5.02 Å². The predicted octanol–water partition coefficient (Wildman–Crippen LogP) is 4.42. The van der Waals surface area contributed by atoms with Crippen LogP contribution in [0.4, 0.5) is 4.39 Å². The lowest BCUT2D eigenvalue weighted by molar-refractivity contribution is 0.538. The van der Waals surface area contributed by atoms with Crippen LogP contribution in [-0.2, 0) is 6.42 Å². The maximum Gasteiger partial charge on any atom is 0.146 e. The topological polar surface area (TPSA) is 12.0 Å². The van der Waals surface area contributed by atoms with Crippen molar-refractivity contribution in [1.29, 1.82) is 0 Å². The summed E-state index contributed by atoms with van der Waals surface area (Å²) < 4.78 is 14.3. The van der Waals surface area contributed by atoms with E-state index in [0.717, 1.165) is 19.5 Å². The molecule has 0 bridgehead atoms. The average Bonchev–Trinajstić information content (AvgIpc) is 2.28. The molecule has 1 rings (SSSR count). The monoisotopic (exact) mass is 321 g/mol. The van der Waals surface area contributed by atoms with Gasteiger partial charge in [-0.05, 0) is 59.4 Å². The van der Waals surface area contributed by atoms with Crippen LogP contribution in [0.3, 0.4) is 0 Å². The first-order valence-electron chi connectivity index (χ1n) is 5.85. The zero-order valence-corrected chi connectivity index (χ0v) is 12.5. The van der Waals surface area contributed by atoms with Crippen molar-refractivity contribution in [2.24, 2.45) is 5.92 Å². The van der Waals surface area contributed by atoms with Gasteiger partial charge in [-0.25, -0.2) is 4.39 Å². The Balaban J connectivity index is 2.40. The summed E-state index contributed by atoms with van der Waals surface area (Å²) in [4.78, 5) is 0. The maximum atomic E-state index is 13.7. The summed E-state index contributed by atoms with van der Waals surface area (Å²) in [7, 11) is 0. The Labute approximate surface area is 116 Å². The quantitative estimate of drug-likeness (QED) is 0.604. The third-order valence-corrected chi connectivity index (χ3v) is 3.73. The summed E-state index contributed by atoms with van der Waals surface area (Å²) in [5, 5.41) is 3.51. The highest BCUT2D eigenvalue weighted by molar-refractivity contribution is 9.10. The zero-order chi connectivity index (χ0) is 12.8. The number of hydrogen-bond donors (Lipinski definition) is 1. The molecule has 0 aromatic heterocycles. The van der Waals surface area contributed by atoms with E-state index in [1.54, 1.807) is 12.1 Å². The third kappa shape index (κ3) is 4.94. The second-order valence-corrected chi connectivity index (χ2v) is 5.77. The van der Waals surface area contributed by atoms with Crippen molar-refractivity contribution in [1.82, 2.24) is 5.32 Å². The number of nitrogens with one attached hydrogen (secondary N) is 1. The summed E-state index contributed by atoms with van der Waals surface area (Å²) in [6.45, 7) is 6.25. The van der Waals surface area contributed by atoms with Gasteiger partial charge in [0.25, 0.3) is 0 Å². The lowest BCUT2D eigenvalue weighted by Crippen LogP contribution is -2.21. The van der Waals surface area contributed by atoms with Gasteiger partial charge in [0.2, 0.25) is 0 Å². The molecule has 0 spiro atoms. The van der Waals surface area contributed by atoms with Gasteiger partial charge in [-0.1, -0.05) is 31.5 Å². The number of halogens is 3. The fourth-order valence-corrected chi connectivity index (χ4v) is 2.04. The Morgan fingerprint density at radius 1 is 1.41 bits per heavy atom. The van der Waals surface area contributed by atoms with Crippen LogP contribution in [0.25, 0.3) is 0 Å². The van der Waals surface area contributed by atoms with Crippen LogP contribution in [0.15, 0.2) is 16.6 Å². The first kappa shape index (κ1) is 14.9. The Bertz CT molecular complexity index is 369. The number of benzene rings is 1. The molecule has 1 nitrogen and oxygen atoms in total. The number of aryl methyl sites for hydroxylation is 1. The molecule has 1 N–H and O–H groups in total. The molecule has 0 radical (unpaired) electrons. The van der Waals surface area contributed by atoms with Crippen molar-refractivity contribution >= 4 is 27.5 Å². The summed E-state index contributed by atoms with van der Waals surface area (Å²) in [5.74, 6) is 0.346. The van der Waals surface area contributed by atoms with Crippen molar-refractivity contribution in [3.8, 4) is 0 Å². The van der Waals surface area contributed by atoms with E-state index in [4.69, 9.17) is 11.6 Å². The smallest absolute Gasteiger partial charge is 0.146 e. The fraction of sp³-hybridized carbons (Fsp3) is 0.538. The van der Waals surface area contributed by atoms with Gasteiger partial charge >= 0.3 is 0 Å². The molecule has 0 fully saturated rings. The molecular weight excluding hydrogens is 305 g/mol. The molecule has 0 saturated heterocycles. The molecule has 0 unspecified atom stereocenters. The Kier molecular flexibility index (Phi) is 6.45. The van der Waals surface area contributed by atoms with E-state index in [1.165, 1.54) is 0 Å². The fourth-order valence-electron chi connectivity index (χ4n) is 1.55. The van der Waals surface area contributed by atoms with E-state index in [9.17, 15) is 4.39 Å². The van der Waals surface area contributed by atoms with E-state index in [1.807, 2.05) is 0 Å². The number of hydrogen-bond acceptors (Lipinski definition) is 1. The van der Waals surface area contributed by atoms with Gasteiger partial charge in [-0.15, -0.1) is 0 Å². The molecular formula is C13H18BrClFN. The van der Waals surface area contributed by atoms with Crippen LogP contribution in [-0.4, -0.2) is 13.1 Å². The van der Waals surface area contributed by atoms with Crippen molar-refractivity contribution in [2.75, 3.05) is 13.1 Å². The SMILES string of the molecule is CC(C)CNCCCc1ccc(Br)c(Cl)c1F. The van der Waals surface area contributed by atoms with E-state index in [0.29, 0.717) is 22.4 Å². The zero-order valence-electron chi connectivity index (χ0n) is 10.2. The normalized spacial score (nSPS) is 11.2. The van der Waals surface area contributed by atoms with E-state index in [-0.39, 0.29) is 10.8 Å². The average molecular weight is 323 g/mol. The van der Waals surface area contributed by atoms with Crippen molar-refractivity contribution in [2.45, 2.75) is 26.7 Å². The van der Waals surface area contributed by atoms with Gasteiger partial charge in [-0.2, -0.15) is 0 Å². The highest BCUT2D eigenvalue weighted by Crippen LogP contribution is 2.27. The second kappa shape index (κ2) is 7.34. The van der Waals surface area contributed by atoms with Crippen LogP contribution < -0.4 is 5.32 Å². The summed E-state index contributed by atoms with van der Waals surface area (Å²) in [6.07, 6.45) is 1.63. The molecule has 0 amide bonds. The van der Waals surface area contributed by atoms with Gasteiger partial charge in [0.05, 0.1) is 5.02 Å². The molecule has 17 heavy (non-hydrogen) atoms. The van der Waals surface area contributed by atoms with Crippen molar-refractivity contribution < 1.29 is 4.39 Å². The van der Waals surface area contributed by atoms with Crippen LogP contribution in [0, 0.1) is 11.7 Å². The van der Waals surface area contributed by atoms with Crippen LogP contribution in [0.1, 0.15) is 25.8 Å². The Morgan fingerprint density at radius 2 is 2.12 bits per heavy atom. The lowest BCUT2D eigenvalue weighted by Gasteiger charge is -2.08. The van der Waals surface area contributed by atoms with E-state index in [2.05, 4.69) is 35.1 Å². The maximum absolute atomic E-state index is 13.7. The second-order valence-electron chi connectivity index (χ2n) is 4.54. The molecule has 0 aliphatic carbocycles. The van der Waals surface area contributed by atoms with Crippen molar-refractivity contribution in [3.05, 3.63) is 33.0 Å². The first-order valence-corrected chi connectivity index (χ1v) is 7.02. The lowest BCUT2D eigenvalue weighted by atomic mass is 10.1. The minimum absolute atomic E-state index is 0.178. The molecule has 0 aliphatic rings. The van der Waals surface area contributed by atoms with Gasteiger partial charge in [0.1, 0.15) is 5.82 Å². The molecule has 4 heteroatoms.